The van der Waals surface area contributed by atoms with Gasteiger partial charge >= 0.3 is 0 Å². The van der Waals surface area contributed by atoms with Crippen molar-refractivity contribution in [1.82, 2.24) is 20.7 Å². The van der Waals surface area contributed by atoms with Crippen LogP contribution in [0.4, 0.5) is 0 Å². The molecule has 25 heavy (non-hydrogen) atoms. The van der Waals surface area contributed by atoms with Gasteiger partial charge in [-0.05, 0) is 24.9 Å². The monoisotopic (exact) mass is 455 g/mol. The fraction of sp³-hybridized carbons (Fsp3) is 0.444. The number of rotatable bonds is 6. The lowest BCUT2D eigenvalue weighted by Crippen LogP contribution is -2.44. The largest absolute Gasteiger partial charge is 0.364 e. The van der Waals surface area contributed by atoms with Gasteiger partial charge in [0.15, 0.2) is 5.96 Å². The summed E-state index contributed by atoms with van der Waals surface area (Å²) >= 11 is 0. The van der Waals surface area contributed by atoms with Crippen LogP contribution in [-0.4, -0.2) is 42.2 Å². The molecule has 0 bridgehead atoms. The first-order valence-corrected chi connectivity index (χ1v) is 8.47. The second-order valence-electron chi connectivity index (χ2n) is 6.05. The van der Waals surface area contributed by atoms with Crippen molar-refractivity contribution in [2.75, 3.05) is 20.1 Å². The highest BCUT2D eigenvalue weighted by Crippen LogP contribution is 2.19. The van der Waals surface area contributed by atoms with E-state index in [-0.39, 0.29) is 24.0 Å². The minimum Gasteiger partial charge on any atom is -0.364 e. The molecule has 1 aliphatic heterocycles. The highest BCUT2D eigenvalue weighted by atomic mass is 127. The number of likely N-dealkylation sites (tertiary alicyclic amines) is 1. The van der Waals surface area contributed by atoms with Crippen LogP contribution in [0.5, 0.6) is 0 Å². The van der Waals surface area contributed by atoms with Crippen molar-refractivity contribution in [2.45, 2.75) is 32.0 Å². The minimum atomic E-state index is 0. The van der Waals surface area contributed by atoms with Crippen molar-refractivity contribution in [1.29, 1.82) is 0 Å². The van der Waals surface area contributed by atoms with E-state index < -0.39 is 0 Å². The van der Waals surface area contributed by atoms with Crippen LogP contribution < -0.4 is 10.6 Å². The molecule has 136 valence electrons. The van der Waals surface area contributed by atoms with Crippen molar-refractivity contribution in [3.05, 3.63) is 53.9 Å². The molecule has 2 heterocycles. The summed E-state index contributed by atoms with van der Waals surface area (Å²) in [6, 6.07) is 13.1. The molecular weight excluding hydrogens is 429 g/mol. The van der Waals surface area contributed by atoms with Gasteiger partial charge in [0.05, 0.1) is 6.54 Å². The summed E-state index contributed by atoms with van der Waals surface area (Å²) < 4.78 is 4.84. The summed E-state index contributed by atoms with van der Waals surface area (Å²) in [5, 5.41) is 10.6. The molecule has 1 atom stereocenters. The highest BCUT2D eigenvalue weighted by Gasteiger charge is 2.24. The number of nitrogens with one attached hydrogen (secondary N) is 2. The summed E-state index contributed by atoms with van der Waals surface area (Å²) in [4.78, 5) is 6.82. The van der Waals surface area contributed by atoms with E-state index in [2.05, 4.69) is 56.0 Å². The lowest BCUT2D eigenvalue weighted by Gasteiger charge is -2.25. The van der Waals surface area contributed by atoms with Crippen LogP contribution in [0.1, 0.15) is 24.1 Å². The topological polar surface area (TPSA) is 65.7 Å². The molecule has 2 aromatic rings. The Morgan fingerprint density at radius 2 is 2.12 bits per heavy atom. The zero-order chi connectivity index (χ0) is 16.6. The summed E-state index contributed by atoms with van der Waals surface area (Å²) in [6.45, 7) is 3.67. The van der Waals surface area contributed by atoms with Crippen LogP contribution in [0.15, 0.2) is 52.2 Å². The molecule has 7 heteroatoms. The van der Waals surface area contributed by atoms with Crippen molar-refractivity contribution in [2.24, 2.45) is 4.99 Å². The van der Waals surface area contributed by atoms with Gasteiger partial charge in [-0.25, -0.2) is 0 Å². The SMILES string of the molecule is CN=C(NCc1ccon1)NCC1CCCN1Cc1ccccc1.I. The first-order valence-electron chi connectivity index (χ1n) is 8.47. The third-order valence-corrected chi connectivity index (χ3v) is 4.38. The zero-order valence-electron chi connectivity index (χ0n) is 14.5. The number of hydrogen-bond acceptors (Lipinski definition) is 4. The van der Waals surface area contributed by atoms with Crippen LogP contribution in [0.25, 0.3) is 0 Å². The number of benzene rings is 1. The fourth-order valence-corrected chi connectivity index (χ4v) is 3.09. The first kappa shape index (κ1) is 19.7. The van der Waals surface area contributed by atoms with Gasteiger partial charge in [0.1, 0.15) is 12.0 Å². The van der Waals surface area contributed by atoms with E-state index in [0.29, 0.717) is 12.6 Å². The highest BCUT2D eigenvalue weighted by molar-refractivity contribution is 14.0. The summed E-state index contributed by atoms with van der Waals surface area (Å²) in [5.41, 5.74) is 2.24. The molecule has 2 N–H and O–H groups in total. The predicted octanol–water partition coefficient (Wildman–Crippen LogP) is 2.62. The Morgan fingerprint density at radius 1 is 1.28 bits per heavy atom. The second kappa shape index (κ2) is 10.4. The average Bonchev–Trinajstić information content (AvgIpc) is 3.28. The lowest BCUT2D eigenvalue weighted by atomic mass is 10.2. The Morgan fingerprint density at radius 3 is 2.84 bits per heavy atom. The van der Waals surface area contributed by atoms with Crippen molar-refractivity contribution < 1.29 is 4.52 Å². The third-order valence-electron chi connectivity index (χ3n) is 4.38. The number of hydrogen-bond donors (Lipinski definition) is 2. The molecule has 1 saturated heterocycles. The fourth-order valence-electron chi connectivity index (χ4n) is 3.09. The number of halogens is 1. The molecule has 0 radical (unpaired) electrons. The molecule has 0 saturated carbocycles. The van der Waals surface area contributed by atoms with Gasteiger partial charge in [-0.15, -0.1) is 24.0 Å². The van der Waals surface area contributed by atoms with E-state index in [1.54, 1.807) is 13.3 Å². The minimum absolute atomic E-state index is 0. The molecule has 0 amide bonds. The van der Waals surface area contributed by atoms with Gasteiger partial charge in [0, 0.05) is 32.2 Å². The van der Waals surface area contributed by atoms with E-state index in [1.165, 1.54) is 18.4 Å². The molecule has 1 aromatic heterocycles. The van der Waals surface area contributed by atoms with Gasteiger partial charge in [0.25, 0.3) is 0 Å². The Hall–Kier alpha value is -1.61. The molecule has 6 nitrogen and oxygen atoms in total. The van der Waals surface area contributed by atoms with E-state index in [1.807, 2.05) is 6.07 Å². The Labute approximate surface area is 166 Å². The molecule has 0 aliphatic carbocycles. The van der Waals surface area contributed by atoms with E-state index in [9.17, 15) is 0 Å². The van der Waals surface area contributed by atoms with Crippen molar-refractivity contribution in [3.8, 4) is 0 Å². The predicted molar refractivity (Wildman–Crippen MR) is 110 cm³/mol. The molecule has 1 aliphatic rings. The van der Waals surface area contributed by atoms with E-state index in [0.717, 1.165) is 31.3 Å². The van der Waals surface area contributed by atoms with Crippen molar-refractivity contribution in [3.63, 3.8) is 0 Å². The Bertz CT molecular complexity index is 632. The molecule has 0 spiro atoms. The van der Waals surface area contributed by atoms with Gasteiger partial charge in [0.2, 0.25) is 0 Å². The Kier molecular flexibility index (Phi) is 8.20. The van der Waals surface area contributed by atoms with E-state index in [4.69, 9.17) is 4.52 Å². The van der Waals surface area contributed by atoms with Gasteiger partial charge in [-0.3, -0.25) is 9.89 Å². The number of guanidine groups is 1. The lowest BCUT2D eigenvalue weighted by molar-refractivity contribution is 0.245. The quantitative estimate of drug-likeness (QED) is 0.399. The molecule has 3 rings (SSSR count). The summed E-state index contributed by atoms with van der Waals surface area (Å²) in [5.74, 6) is 0.796. The van der Waals surface area contributed by atoms with Gasteiger partial charge < -0.3 is 15.2 Å². The normalized spacial score (nSPS) is 18.0. The van der Waals surface area contributed by atoms with Crippen LogP contribution in [-0.2, 0) is 13.1 Å². The summed E-state index contributed by atoms with van der Waals surface area (Å²) in [6.07, 6.45) is 4.05. The maximum absolute atomic E-state index is 4.84. The maximum Gasteiger partial charge on any atom is 0.191 e. The van der Waals surface area contributed by atoms with Crippen LogP contribution in [0, 0.1) is 0 Å². The second-order valence-corrected chi connectivity index (χ2v) is 6.05. The van der Waals surface area contributed by atoms with Crippen LogP contribution in [0.3, 0.4) is 0 Å². The average molecular weight is 455 g/mol. The van der Waals surface area contributed by atoms with E-state index >= 15 is 0 Å². The van der Waals surface area contributed by atoms with Gasteiger partial charge in [-0.1, -0.05) is 35.5 Å². The summed E-state index contributed by atoms with van der Waals surface area (Å²) in [7, 11) is 1.79. The molecular formula is C18H26IN5O. The third kappa shape index (κ3) is 6.00. The Balaban J connectivity index is 0.00000225. The van der Waals surface area contributed by atoms with Crippen molar-refractivity contribution >= 4 is 29.9 Å². The first-order chi connectivity index (χ1) is 11.8. The zero-order valence-corrected chi connectivity index (χ0v) is 16.8. The van der Waals surface area contributed by atoms with Gasteiger partial charge in [-0.2, -0.15) is 0 Å². The number of aliphatic imine (C=N–C) groups is 1. The van der Waals surface area contributed by atoms with Crippen LogP contribution >= 0.6 is 24.0 Å². The standard InChI is InChI=1S/C18H25N5O.HI/c1-19-18(20-12-16-9-11-24-22-16)21-13-17-8-5-10-23(17)14-15-6-3-2-4-7-15;/h2-4,6-7,9,11,17H,5,8,10,12-14H2,1H3,(H2,19,20,21);1H. The van der Waals surface area contributed by atoms with Crippen LogP contribution in [0.2, 0.25) is 0 Å². The number of aromatic nitrogens is 1. The molecule has 1 fully saturated rings. The molecule has 1 unspecified atom stereocenters. The number of nitrogens with zero attached hydrogens (tertiary/aromatic N) is 3. The molecule has 1 aromatic carbocycles. The maximum atomic E-state index is 4.84. The smallest absolute Gasteiger partial charge is 0.191 e.